The molecule has 0 aromatic heterocycles. The summed E-state index contributed by atoms with van der Waals surface area (Å²) in [6.07, 6.45) is 6.68. The lowest BCUT2D eigenvalue weighted by atomic mass is 9.96. The largest absolute Gasteiger partial charge is 0.323 e. The molecule has 2 rings (SSSR count). The standard InChI is InChI=1S/C17H28N2/c1-3-7-16-10-4-5-11-19(16)13-17(18)15-9-6-8-14(2)12-15/h6,8-9,12,16-17H,3-5,7,10-11,13,18H2,1-2H3. The van der Waals surface area contributed by atoms with Crippen molar-refractivity contribution in [2.75, 3.05) is 13.1 Å². The Morgan fingerprint density at radius 2 is 2.21 bits per heavy atom. The number of hydrogen-bond acceptors (Lipinski definition) is 2. The van der Waals surface area contributed by atoms with Crippen molar-refractivity contribution in [3.05, 3.63) is 35.4 Å². The number of likely N-dealkylation sites (tertiary alicyclic amines) is 1. The number of rotatable bonds is 5. The number of aryl methyl sites for hydroxylation is 1. The van der Waals surface area contributed by atoms with Gasteiger partial charge >= 0.3 is 0 Å². The van der Waals surface area contributed by atoms with Crippen LogP contribution in [0.3, 0.4) is 0 Å². The summed E-state index contributed by atoms with van der Waals surface area (Å²) >= 11 is 0. The average Bonchev–Trinajstić information content (AvgIpc) is 2.41. The van der Waals surface area contributed by atoms with Gasteiger partial charge in [-0.15, -0.1) is 0 Å². The molecule has 1 fully saturated rings. The van der Waals surface area contributed by atoms with Crippen LogP contribution in [0.5, 0.6) is 0 Å². The Morgan fingerprint density at radius 1 is 1.37 bits per heavy atom. The predicted octanol–water partition coefficient (Wildman–Crippen LogP) is 3.65. The van der Waals surface area contributed by atoms with E-state index < -0.39 is 0 Å². The van der Waals surface area contributed by atoms with Gasteiger partial charge in [0.25, 0.3) is 0 Å². The van der Waals surface area contributed by atoms with Crippen LogP contribution < -0.4 is 5.73 Å². The lowest BCUT2D eigenvalue weighted by Crippen LogP contribution is -2.43. The van der Waals surface area contributed by atoms with Crippen molar-refractivity contribution in [2.45, 2.75) is 58.0 Å². The molecule has 2 unspecified atom stereocenters. The third-order valence-electron chi connectivity index (χ3n) is 4.27. The molecule has 0 saturated carbocycles. The molecule has 2 N–H and O–H groups in total. The monoisotopic (exact) mass is 260 g/mol. The fraction of sp³-hybridized carbons (Fsp3) is 0.647. The van der Waals surface area contributed by atoms with E-state index in [1.54, 1.807) is 0 Å². The third kappa shape index (κ3) is 4.05. The SMILES string of the molecule is CCCC1CCCCN1CC(N)c1cccc(C)c1. The van der Waals surface area contributed by atoms with Gasteiger partial charge in [-0.25, -0.2) is 0 Å². The van der Waals surface area contributed by atoms with E-state index in [4.69, 9.17) is 5.73 Å². The van der Waals surface area contributed by atoms with Gasteiger partial charge in [-0.3, -0.25) is 4.90 Å². The van der Waals surface area contributed by atoms with Crippen LogP contribution in [0.15, 0.2) is 24.3 Å². The van der Waals surface area contributed by atoms with Crippen LogP contribution in [0.4, 0.5) is 0 Å². The summed E-state index contributed by atoms with van der Waals surface area (Å²) in [6, 6.07) is 9.55. The molecule has 2 heteroatoms. The van der Waals surface area contributed by atoms with E-state index in [-0.39, 0.29) is 6.04 Å². The van der Waals surface area contributed by atoms with Gasteiger partial charge < -0.3 is 5.73 Å². The first kappa shape index (κ1) is 14.5. The summed E-state index contributed by atoms with van der Waals surface area (Å²) in [5.41, 5.74) is 8.99. The molecule has 0 bridgehead atoms. The first-order valence-electron chi connectivity index (χ1n) is 7.77. The molecule has 1 aliphatic heterocycles. The fourth-order valence-electron chi connectivity index (χ4n) is 3.22. The smallest absolute Gasteiger partial charge is 0.0424 e. The van der Waals surface area contributed by atoms with Crippen molar-refractivity contribution < 1.29 is 0 Å². The van der Waals surface area contributed by atoms with Gasteiger partial charge in [-0.05, 0) is 38.3 Å². The Bertz CT molecular complexity index is 387. The molecule has 1 aromatic rings. The highest BCUT2D eigenvalue weighted by molar-refractivity contribution is 5.25. The number of nitrogens with two attached hydrogens (primary N) is 1. The van der Waals surface area contributed by atoms with E-state index in [1.807, 2.05) is 0 Å². The first-order chi connectivity index (χ1) is 9.20. The summed E-state index contributed by atoms with van der Waals surface area (Å²) in [5, 5.41) is 0. The van der Waals surface area contributed by atoms with Crippen molar-refractivity contribution in [3.8, 4) is 0 Å². The second kappa shape index (κ2) is 7.06. The zero-order valence-electron chi connectivity index (χ0n) is 12.4. The second-order valence-electron chi connectivity index (χ2n) is 5.95. The lowest BCUT2D eigenvalue weighted by molar-refractivity contribution is 0.131. The van der Waals surface area contributed by atoms with Crippen molar-refractivity contribution >= 4 is 0 Å². The highest BCUT2D eigenvalue weighted by Gasteiger charge is 2.23. The molecular weight excluding hydrogens is 232 g/mol. The third-order valence-corrected chi connectivity index (χ3v) is 4.27. The fourth-order valence-corrected chi connectivity index (χ4v) is 3.22. The summed E-state index contributed by atoms with van der Waals surface area (Å²) in [7, 11) is 0. The van der Waals surface area contributed by atoms with Gasteiger partial charge in [0.2, 0.25) is 0 Å². The van der Waals surface area contributed by atoms with Crippen LogP contribution in [0.25, 0.3) is 0 Å². The van der Waals surface area contributed by atoms with E-state index in [0.717, 1.165) is 12.6 Å². The molecule has 0 aliphatic carbocycles. The van der Waals surface area contributed by atoms with Crippen LogP contribution in [0.1, 0.15) is 56.2 Å². The number of piperidine rings is 1. The summed E-state index contributed by atoms with van der Waals surface area (Å²) in [4.78, 5) is 2.62. The molecule has 106 valence electrons. The number of nitrogens with zero attached hydrogens (tertiary/aromatic N) is 1. The van der Waals surface area contributed by atoms with Crippen molar-refractivity contribution in [1.29, 1.82) is 0 Å². The summed E-state index contributed by atoms with van der Waals surface area (Å²) in [5.74, 6) is 0. The van der Waals surface area contributed by atoms with Crippen LogP contribution in [0, 0.1) is 6.92 Å². The van der Waals surface area contributed by atoms with Gasteiger partial charge in [0.15, 0.2) is 0 Å². The Kier molecular flexibility index (Phi) is 5.41. The predicted molar refractivity (Wildman–Crippen MR) is 82.2 cm³/mol. The minimum atomic E-state index is 0.150. The van der Waals surface area contributed by atoms with Crippen LogP contribution in [-0.2, 0) is 0 Å². The van der Waals surface area contributed by atoms with Gasteiger partial charge in [0.1, 0.15) is 0 Å². The van der Waals surface area contributed by atoms with Crippen LogP contribution in [0.2, 0.25) is 0 Å². The zero-order valence-corrected chi connectivity index (χ0v) is 12.4. The Labute approximate surface area is 118 Å². The molecular formula is C17H28N2. The minimum absolute atomic E-state index is 0.150. The quantitative estimate of drug-likeness (QED) is 0.875. The molecule has 0 spiro atoms. The van der Waals surface area contributed by atoms with Gasteiger partial charge in [-0.1, -0.05) is 49.6 Å². The molecule has 19 heavy (non-hydrogen) atoms. The van der Waals surface area contributed by atoms with Gasteiger partial charge in [0, 0.05) is 18.6 Å². The normalized spacial score (nSPS) is 22.4. The molecule has 1 aliphatic rings. The number of benzene rings is 1. The second-order valence-corrected chi connectivity index (χ2v) is 5.95. The van der Waals surface area contributed by atoms with E-state index in [9.17, 15) is 0 Å². The van der Waals surface area contributed by atoms with E-state index in [2.05, 4.69) is 43.0 Å². The molecule has 1 saturated heterocycles. The highest BCUT2D eigenvalue weighted by Crippen LogP contribution is 2.23. The summed E-state index contributed by atoms with van der Waals surface area (Å²) < 4.78 is 0. The molecule has 0 amide bonds. The van der Waals surface area contributed by atoms with E-state index >= 15 is 0 Å². The molecule has 0 radical (unpaired) electrons. The number of hydrogen-bond donors (Lipinski definition) is 1. The van der Waals surface area contributed by atoms with E-state index in [1.165, 1.54) is 49.8 Å². The Morgan fingerprint density at radius 3 is 2.95 bits per heavy atom. The van der Waals surface area contributed by atoms with Gasteiger partial charge in [0.05, 0.1) is 0 Å². The van der Waals surface area contributed by atoms with Crippen molar-refractivity contribution in [1.82, 2.24) is 4.90 Å². The molecule has 1 aromatic carbocycles. The highest BCUT2D eigenvalue weighted by atomic mass is 15.2. The average molecular weight is 260 g/mol. The lowest BCUT2D eigenvalue weighted by Gasteiger charge is -2.37. The Hall–Kier alpha value is -0.860. The van der Waals surface area contributed by atoms with Crippen LogP contribution >= 0.6 is 0 Å². The zero-order chi connectivity index (χ0) is 13.7. The Balaban J connectivity index is 1.98. The first-order valence-corrected chi connectivity index (χ1v) is 7.77. The topological polar surface area (TPSA) is 29.3 Å². The molecule has 2 nitrogen and oxygen atoms in total. The molecule has 2 atom stereocenters. The molecule has 1 heterocycles. The van der Waals surface area contributed by atoms with Crippen molar-refractivity contribution in [3.63, 3.8) is 0 Å². The maximum Gasteiger partial charge on any atom is 0.0424 e. The van der Waals surface area contributed by atoms with Gasteiger partial charge in [-0.2, -0.15) is 0 Å². The van der Waals surface area contributed by atoms with E-state index in [0.29, 0.717) is 0 Å². The maximum atomic E-state index is 6.41. The van der Waals surface area contributed by atoms with Crippen LogP contribution in [-0.4, -0.2) is 24.0 Å². The minimum Gasteiger partial charge on any atom is -0.323 e. The summed E-state index contributed by atoms with van der Waals surface area (Å²) in [6.45, 7) is 6.66. The maximum absolute atomic E-state index is 6.41. The van der Waals surface area contributed by atoms with Crippen molar-refractivity contribution in [2.24, 2.45) is 5.73 Å².